The van der Waals surface area contributed by atoms with Crippen molar-refractivity contribution < 1.29 is 17.9 Å². The summed E-state index contributed by atoms with van der Waals surface area (Å²) in [6.07, 6.45) is 2.27. The summed E-state index contributed by atoms with van der Waals surface area (Å²) in [4.78, 5) is 0. The molecule has 0 atom stereocenters. The van der Waals surface area contributed by atoms with Crippen LogP contribution < -0.4 is 5.32 Å². The zero-order chi connectivity index (χ0) is 15.3. The molecule has 0 aromatic rings. The fourth-order valence-corrected chi connectivity index (χ4v) is 2.83. The molecule has 0 amide bonds. The van der Waals surface area contributed by atoms with Crippen molar-refractivity contribution >= 4 is 0 Å². The zero-order valence-electron chi connectivity index (χ0n) is 12.9. The SMILES string of the molecule is CC(C)(C)NCC1(CCCOCC(F)(F)F)CCCC1. The van der Waals surface area contributed by atoms with Crippen molar-refractivity contribution in [2.45, 2.75) is 71.0 Å². The fourth-order valence-electron chi connectivity index (χ4n) is 2.83. The second-order valence-electron chi connectivity index (χ2n) is 7.08. The minimum absolute atomic E-state index is 0.0857. The molecule has 0 saturated heterocycles. The van der Waals surface area contributed by atoms with Crippen molar-refractivity contribution in [1.29, 1.82) is 0 Å². The summed E-state index contributed by atoms with van der Waals surface area (Å²) in [6, 6.07) is 0. The first-order chi connectivity index (χ1) is 9.12. The lowest BCUT2D eigenvalue weighted by atomic mass is 9.81. The highest BCUT2D eigenvalue weighted by Crippen LogP contribution is 2.41. The van der Waals surface area contributed by atoms with Gasteiger partial charge in [0.15, 0.2) is 0 Å². The lowest BCUT2D eigenvalue weighted by molar-refractivity contribution is -0.174. The zero-order valence-corrected chi connectivity index (χ0v) is 12.9. The van der Waals surface area contributed by atoms with Crippen molar-refractivity contribution in [2.24, 2.45) is 5.41 Å². The van der Waals surface area contributed by atoms with E-state index < -0.39 is 12.8 Å². The molecule has 0 aromatic heterocycles. The van der Waals surface area contributed by atoms with Crippen LogP contribution in [0.3, 0.4) is 0 Å². The van der Waals surface area contributed by atoms with E-state index in [2.05, 4.69) is 26.1 Å². The van der Waals surface area contributed by atoms with E-state index in [1.54, 1.807) is 0 Å². The minimum Gasteiger partial charge on any atom is -0.372 e. The standard InChI is InChI=1S/C15H28F3NO/c1-13(2,3)19-11-14(7-4-5-8-14)9-6-10-20-12-15(16,17)18/h19H,4-12H2,1-3H3. The Labute approximate surface area is 120 Å². The van der Waals surface area contributed by atoms with Crippen LogP contribution in [0.15, 0.2) is 0 Å². The Bertz CT molecular complexity index is 278. The molecule has 120 valence electrons. The quantitative estimate of drug-likeness (QED) is 0.707. The minimum atomic E-state index is -4.21. The van der Waals surface area contributed by atoms with E-state index in [1.807, 2.05) is 0 Å². The maximum absolute atomic E-state index is 12.0. The summed E-state index contributed by atoms with van der Waals surface area (Å²) in [5, 5.41) is 3.55. The van der Waals surface area contributed by atoms with E-state index in [0.29, 0.717) is 6.42 Å². The maximum Gasteiger partial charge on any atom is 0.411 e. The molecule has 1 aliphatic carbocycles. The largest absolute Gasteiger partial charge is 0.411 e. The number of ether oxygens (including phenoxy) is 1. The molecule has 0 radical (unpaired) electrons. The molecule has 0 spiro atoms. The molecule has 1 fully saturated rings. The molecule has 0 aliphatic heterocycles. The second kappa shape index (κ2) is 7.12. The summed E-state index contributed by atoms with van der Waals surface area (Å²) in [5.41, 5.74) is 0.344. The summed E-state index contributed by atoms with van der Waals surface area (Å²) < 4.78 is 40.6. The maximum atomic E-state index is 12.0. The van der Waals surface area contributed by atoms with Crippen molar-refractivity contribution in [1.82, 2.24) is 5.32 Å². The van der Waals surface area contributed by atoms with Gasteiger partial charge in [-0.3, -0.25) is 0 Å². The van der Waals surface area contributed by atoms with Crippen molar-refractivity contribution in [3.8, 4) is 0 Å². The molecule has 1 N–H and O–H groups in total. The Morgan fingerprint density at radius 3 is 2.20 bits per heavy atom. The Hall–Kier alpha value is -0.290. The molecular formula is C15H28F3NO. The van der Waals surface area contributed by atoms with Gasteiger partial charge in [-0.25, -0.2) is 0 Å². The van der Waals surface area contributed by atoms with Gasteiger partial charge in [-0.2, -0.15) is 13.2 Å². The summed E-state index contributed by atoms with van der Waals surface area (Å²) in [7, 11) is 0. The van der Waals surface area contributed by atoms with Crippen LogP contribution >= 0.6 is 0 Å². The first-order valence-electron chi connectivity index (χ1n) is 7.52. The van der Waals surface area contributed by atoms with Crippen LogP contribution in [0.2, 0.25) is 0 Å². The summed E-state index contributed by atoms with van der Waals surface area (Å²) in [6.45, 7) is 6.46. The average molecular weight is 295 g/mol. The van der Waals surface area contributed by atoms with Crippen LogP contribution in [-0.4, -0.2) is 31.5 Å². The van der Waals surface area contributed by atoms with E-state index in [0.717, 1.165) is 13.0 Å². The highest BCUT2D eigenvalue weighted by molar-refractivity contribution is 4.88. The summed E-state index contributed by atoms with van der Waals surface area (Å²) in [5.74, 6) is 0. The smallest absolute Gasteiger partial charge is 0.372 e. The van der Waals surface area contributed by atoms with Gasteiger partial charge < -0.3 is 10.1 Å². The Balaban J connectivity index is 2.29. The summed E-state index contributed by atoms with van der Waals surface area (Å²) >= 11 is 0. The van der Waals surface area contributed by atoms with Crippen LogP contribution in [0.1, 0.15) is 59.3 Å². The van der Waals surface area contributed by atoms with Crippen LogP contribution in [0.5, 0.6) is 0 Å². The van der Waals surface area contributed by atoms with Crippen LogP contribution in [-0.2, 0) is 4.74 Å². The van der Waals surface area contributed by atoms with Crippen LogP contribution in [0.25, 0.3) is 0 Å². The monoisotopic (exact) mass is 295 g/mol. The molecule has 1 saturated carbocycles. The Morgan fingerprint density at radius 1 is 1.10 bits per heavy atom. The lowest BCUT2D eigenvalue weighted by Gasteiger charge is -2.33. The number of nitrogens with one attached hydrogen (secondary N) is 1. The predicted molar refractivity (Wildman–Crippen MR) is 74.8 cm³/mol. The van der Waals surface area contributed by atoms with Gasteiger partial charge in [0.05, 0.1) is 0 Å². The third-order valence-corrected chi connectivity index (χ3v) is 3.92. The molecule has 2 nitrogen and oxygen atoms in total. The third-order valence-electron chi connectivity index (χ3n) is 3.92. The number of hydrogen-bond donors (Lipinski definition) is 1. The highest BCUT2D eigenvalue weighted by Gasteiger charge is 2.34. The van der Waals surface area contributed by atoms with Crippen molar-refractivity contribution in [3.63, 3.8) is 0 Å². The molecule has 0 unspecified atom stereocenters. The molecule has 1 rings (SSSR count). The Morgan fingerprint density at radius 2 is 1.70 bits per heavy atom. The predicted octanol–water partition coefficient (Wildman–Crippen LogP) is 4.29. The van der Waals surface area contributed by atoms with Gasteiger partial charge in [-0.15, -0.1) is 0 Å². The number of alkyl halides is 3. The number of halogens is 3. The molecule has 5 heteroatoms. The van der Waals surface area contributed by atoms with Gasteiger partial charge in [-0.1, -0.05) is 12.8 Å². The molecule has 0 bridgehead atoms. The van der Waals surface area contributed by atoms with E-state index in [-0.39, 0.29) is 17.6 Å². The second-order valence-corrected chi connectivity index (χ2v) is 7.08. The average Bonchev–Trinajstić information content (AvgIpc) is 2.73. The molecule has 0 aromatic carbocycles. The normalized spacial score (nSPS) is 19.5. The van der Waals surface area contributed by atoms with Gasteiger partial charge in [-0.05, 0) is 51.9 Å². The highest BCUT2D eigenvalue weighted by atomic mass is 19.4. The van der Waals surface area contributed by atoms with E-state index in [1.165, 1.54) is 25.7 Å². The first kappa shape index (κ1) is 17.8. The van der Waals surface area contributed by atoms with Gasteiger partial charge in [0.25, 0.3) is 0 Å². The van der Waals surface area contributed by atoms with Gasteiger partial charge in [0.1, 0.15) is 6.61 Å². The van der Waals surface area contributed by atoms with E-state index in [4.69, 9.17) is 4.74 Å². The number of hydrogen-bond acceptors (Lipinski definition) is 2. The molecule has 20 heavy (non-hydrogen) atoms. The first-order valence-corrected chi connectivity index (χ1v) is 7.52. The van der Waals surface area contributed by atoms with Gasteiger partial charge in [0.2, 0.25) is 0 Å². The van der Waals surface area contributed by atoms with E-state index >= 15 is 0 Å². The third kappa shape index (κ3) is 7.48. The van der Waals surface area contributed by atoms with Crippen LogP contribution in [0, 0.1) is 5.41 Å². The van der Waals surface area contributed by atoms with Gasteiger partial charge in [0, 0.05) is 18.7 Å². The Kier molecular flexibility index (Phi) is 6.32. The topological polar surface area (TPSA) is 21.3 Å². The fraction of sp³-hybridized carbons (Fsp3) is 1.00. The van der Waals surface area contributed by atoms with Crippen molar-refractivity contribution in [2.75, 3.05) is 19.8 Å². The molecule has 1 aliphatic rings. The van der Waals surface area contributed by atoms with Crippen LogP contribution in [0.4, 0.5) is 13.2 Å². The molecular weight excluding hydrogens is 267 g/mol. The van der Waals surface area contributed by atoms with E-state index in [9.17, 15) is 13.2 Å². The molecule has 0 heterocycles. The lowest BCUT2D eigenvalue weighted by Crippen LogP contribution is -2.43. The van der Waals surface area contributed by atoms with Gasteiger partial charge >= 0.3 is 6.18 Å². The van der Waals surface area contributed by atoms with Crippen molar-refractivity contribution in [3.05, 3.63) is 0 Å². The number of rotatable bonds is 7.